The lowest BCUT2D eigenvalue weighted by Crippen LogP contribution is -2.47. The molecule has 0 spiro atoms. The van der Waals surface area contributed by atoms with Crippen molar-refractivity contribution in [2.75, 3.05) is 6.54 Å². The van der Waals surface area contributed by atoms with Gasteiger partial charge in [-0.15, -0.1) is 0 Å². The molecule has 50 heavy (non-hydrogen) atoms. The number of fused-ring (bicyclic) bond motifs is 1. The second kappa shape index (κ2) is 13.4. The Kier molecular flexibility index (Phi) is 9.18. The third kappa shape index (κ3) is 8.01. The standard InChI is InChI=1S/C40H49N5O5/c1-39(2,3)49-37(46)44(38(47)50-40(4,5)6)22-26-16-30(17-26)45-23-32(36(43-45)27-12-13-27)35-21-41-33-15-14-28(20-34(33)42-35)29-18-31(19-29)48-24-25-10-8-7-9-11-25/h7-11,14-15,20-21,23,26-27,29-31H,12-13,16-19,22,24H2,1-6H3. The van der Waals surface area contributed by atoms with Gasteiger partial charge in [-0.3, -0.25) is 9.67 Å². The Morgan fingerprint density at radius 1 is 0.860 bits per heavy atom. The fourth-order valence-electron chi connectivity index (χ4n) is 6.80. The number of hydrogen-bond donors (Lipinski definition) is 0. The largest absolute Gasteiger partial charge is 0.443 e. The number of imide groups is 1. The molecule has 3 saturated carbocycles. The first-order chi connectivity index (χ1) is 23.8. The average Bonchev–Trinajstić information content (AvgIpc) is 3.76. The minimum absolute atomic E-state index is 0.116. The highest BCUT2D eigenvalue weighted by Gasteiger charge is 2.40. The first-order valence-electron chi connectivity index (χ1n) is 18.0. The number of aromatic nitrogens is 4. The van der Waals surface area contributed by atoms with Gasteiger partial charge < -0.3 is 14.2 Å². The molecule has 0 aliphatic heterocycles. The van der Waals surface area contributed by atoms with Crippen molar-refractivity contribution >= 4 is 23.2 Å². The molecule has 0 N–H and O–H groups in total. The number of rotatable bonds is 9. The number of carbonyl (C=O) groups is 2. The summed E-state index contributed by atoms with van der Waals surface area (Å²) in [6.07, 6.45) is 8.76. The fourth-order valence-corrected chi connectivity index (χ4v) is 6.80. The SMILES string of the molecule is CC(C)(C)OC(=O)N(CC1CC(n2cc(-c3cnc4ccc(C5CC(OCc6ccccc6)C5)cc4n3)c(C3CC3)n2)C1)C(=O)OC(C)(C)C. The molecule has 10 heteroatoms. The number of nitrogens with zero attached hydrogens (tertiary/aromatic N) is 5. The van der Waals surface area contributed by atoms with E-state index in [0.29, 0.717) is 18.4 Å². The molecule has 2 amide bonds. The van der Waals surface area contributed by atoms with Crippen molar-refractivity contribution in [1.82, 2.24) is 24.6 Å². The minimum Gasteiger partial charge on any atom is -0.443 e. The second-order valence-corrected chi connectivity index (χ2v) is 16.3. The third-order valence-electron chi connectivity index (χ3n) is 9.72. The Hall–Kier alpha value is -4.31. The zero-order valence-electron chi connectivity index (χ0n) is 30.1. The van der Waals surface area contributed by atoms with Crippen LogP contribution in [0.4, 0.5) is 9.59 Å². The molecular weight excluding hydrogens is 630 g/mol. The number of ether oxygens (including phenoxy) is 3. The lowest BCUT2D eigenvalue weighted by atomic mass is 9.77. The quantitative estimate of drug-likeness (QED) is 0.173. The maximum absolute atomic E-state index is 13.0. The summed E-state index contributed by atoms with van der Waals surface area (Å²) in [4.78, 5) is 37.1. The van der Waals surface area contributed by atoms with Crippen LogP contribution < -0.4 is 0 Å². The molecular formula is C40H49N5O5. The van der Waals surface area contributed by atoms with Gasteiger partial charge in [0.15, 0.2) is 0 Å². The van der Waals surface area contributed by atoms with Crippen molar-refractivity contribution < 1.29 is 23.8 Å². The molecule has 264 valence electrons. The second-order valence-electron chi connectivity index (χ2n) is 16.3. The highest BCUT2D eigenvalue weighted by Crippen LogP contribution is 2.46. The van der Waals surface area contributed by atoms with Gasteiger partial charge in [-0.25, -0.2) is 19.5 Å². The highest BCUT2D eigenvalue weighted by atomic mass is 16.6. The summed E-state index contributed by atoms with van der Waals surface area (Å²) in [5.41, 5.74) is 5.79. The van der Waals surface area contributed by atoms with Crippen molar-refractivity contribution in [3.63, 3.8) is 0 Å². The fraction of sp³-hybridized carbons (Fsp3) is 0.525. The van der Waals surface area contributed by atoms with Crippen molar-refractivity contribution in [2.45, 2.75) is 122 Å². The van der Waals surface area contributed by atoms with E-state index in [9.17, 15) is 9.59 Å². The zero-order chi connectivity index (χ0) is 35.2. The maximum atomic E-state index is 13.0. The number of carbonyl (C=O) groups excluding carboxylic acids is 2. The minimum atomic E-state index is -0.727. The summed E-state index contributed by atoms with van der Waals surface area (Å²) in [6.45, 7) is 11.6. The smallest absolute Gasteiger partial charge is 0.419 e. The molecule has 2 aromatic carbocycles. The molecule has 0 bridgehead atoms. The molecule has 3 aliphatic rings. The van der Waals surface area contributed by atoms with Crippen molar-refractivity contribution in [1.29, 1.82) is 0 Å². The number of benzene rings is 2. The zero-order valence-corrected chi connectivity index (χ0v) is 30.1. The van der Waals surface area contributed by atoms with Gasteiger partial charge in [-0.1, -0.05) is 36.4 Å². The normalized spacial score (nSPS) is 22.0. The van der Waals surface area contributed by atoms with E-state index in [0.717, 1.165) is 71.4 Å². The van der Waals surface area contributed by atoms with Crippen LogP contribution in [0.3, 0.4) is 0 Å². The van der Waals surface area contributed by atoms with Crippen LogP contribution in [0, 0.1) is 5.92 Å². The molecule has 0 unspecified atom stereocenters. The van der Waals surface area contributed by atoms with Crippen molar-refractivity contribution in [2.24, 2.45) is 5.92 Å². The average molecular weight is 680 g/mol. The van der Waals surface area contributed by atoms with E-state index in [1.807, 2.05) is 24.4 Å². The number of hydrogen-bond acceptors (Lipinski definition) is 8. The Balaban J connectivity index is 1.02. The summed E-state index contributed by atoms with van der Waals surface area (Å²) < 4.78 is 19.3. The van der Waals surface area contributed by atoms with Gasteiger partial charge >= 0.3 is 12.2 Å². The summed E-state index contributed by atoms with van der Waals surface area (Å²) in [5.74, 6) is 1.01. The van der Waals surface area contributed by atoms with E-state index in [-0.39, 0.29) is 24.6 Å². The van der Waals surface area contributed by atoms with Gasteiger partial charge in [0, 0.05) is 24.2 Å². The van der Waals surface area contributed by atoms with Crippen LogP contribution in [0.25, 0.3) is 22.3 Å². The molecule has 7 rings (SSSR count). The summed E-state index contributed by atoms with van der Waals surface area (Å²) in [6, 6.07) is 17.0. The van der Waals surface area contributed by atoms with Crippen LogP contribution in [-0.4, -0.2) is 60.7 Å². The lowest BCUT2D eigenvalue weighted by Gasteiger charge is -2.38. The van der Waals surface area contributed by atoms with Gasteiger partial charge in [0.25, 0.3) is 0 Å². The van der Waals surface area contributed by atoms with E-state index in [2.05, 4.69) is 41.2 Å². The van der Waals surface area contributed by atoms with Gasteiger partial charge in [0.2, 0.25) is 0 Å². The first-order valence-corrected chi connectivity index (χ1v) is 18.0. The van der Waals surface area contributed by atoms with Crippen LogP contribution in [0.2, 0.25) is 0 Å². The topological polar surface area (TPSA) is 109 Å². The molecule has 0 saturated heterocycles. The lowest BCUT2D eigenvalue weighted by molar-refractivity contribution is -0.0207. The van der Waals surface area contributed by atoms with E-state index >= 15 is 0 Å². The predicted molar refractivity (Wildman–Crippen MR) is 191 cm³/mol. The summed E-state index contributed by atoms with van der Waals surface area (Å²) in [7, 11) is 0. The molecule has 2 aromatic heterocycles. The Bertz CT molecular complexity index is 1820. The monoisotopic (exact) mass is 679 g/mol. The molecule has 2 heterocycles. The third-order valence-corrected chi connectivity index (χ3v) is 9.72. The molecule has 4 aromatic rings. The molecule has 0 atom stereocenters. The molecule has 3 fully saturated rings. The van der Waals surface area contributed by atoms with Crippen LogP contribution in [0.1, 0.15) is 115 Å². The van der Waals surface area contributed by atoms with Gasteiger partial charge in [0.1, 0.15) is 11.2 Å². The Morgan fingerprint density at radius 2 is 1.54 bits per heavy atom. The first kappa shape index (κ1) is 34.2. The molecule has 10 nitrogen and oxygen atoms in total. The summed E-state index contributed by atoms with van der Waals surface area (Å²) >= 11 is 0. The van der Waals surface area contributed by atoms with Gasteiger partial charge in [-0.2, -0.15) is 5.10 Å². The van der Waals surface area contributed by atoms with Crippen LogP contribution in [0.5, 0.6) is 0 Å². The van der Waals surface area contributed by atoms with Crippen LogP contribution in [-0.2, 0) is 20.8 Å². The Morgan fingerprint density at radius 3 is 2.18 bits per heavy atom. The van der Waals surface area contributed by atoms with Crippen LogP contribution in [0.15, 0.2) is 60.9 Å². The van der Waals surface area contributed by atoms with Gasteiger partial charge in [-0.05, 0) is 115 Å². The van der Waals surface area contributed by atoms with Crippen molar-refractivity contribution in [3.05, 3.63) is 77.7 Å². The molecule has 3 aliphatic carbocycles. The molecule has 0 radical (unpaired) electrons. The van der Waals surface area contributed by atoms with Crippen LogP contribution >= 0.6 is 0 Å². The number of amides is 2. The van der Waals surface area contributed by atoms with E-state index < -0.39 is 23.4 Å². The Labute approximate surface area is 294 Å². The summed E-state index contributed by atoms with van der Waals surface area (Å²) in [5, 5.41) is 5.09. The highest BCUT2D eigenvalue weighted by molar-refractivity contribution is 5.88. The van der Waals surface area contributed by atoms with E-state index in [4.69, 9.17) is 29.3 Å². The maximum Gasteiger partial charge on any atom is 0.419 e. The van der Waals surface area contributed by atoms with Gasteiger partial charge in [0.05, 0.1) is 47.4 Å². The van der Waals surface area contributed by atoms with E-state index in [1.54, 1.807) is 41.5 Å². The van der Waals surface area contributed by atoms with Crippen molar-refractivity contribution in [3.8, 4) is 11.3 Å². The van der Waals surface area contributed by atoms with E-state index in [1.165, 1.54) is 11.1 Å². The predicted octanol–water partition coefficient (Wildman–Crippen LogP) is 8.96.